The third-order valence-electron chi connectivity index (χ3n) is 5.78. The minimum atomic E-state index is 0. The Morgan fingerprint density at radius 3 is 2.69 bits per heavy atom. The first-order valence-electron chi connectivity index (χ1n) is 10.9. The number of carbonyl (C=O) groups excluding carboxylic acids is 1. The number of piperidine rings is 1. The van der Waals surface area contributed by atoms with E-state index in [-0.39, 0.29) is 29.9 Å². The van der Waals surface area contributed by atoms with Crippen LogP contribution in [0.1, 0.15) is 57.1 Å². The normalized spacial score (nSPS) is 17.9. The second-order valence-corrected chi connectivity index (χ2v) is 7.79. The molecular formula is C20H36IN7O. The molecule has 1 aromatic heterocycles. The van der Waals surface area contributed by atoms with Crippen LogP contribution in [0, 0.1) is 5.92 Å². The van der Waals surface area contributed by atoms with Crippen LogP contribution >= 0.6 is 24.0 Å². The molecule has 1 saturated heterocycles. The van der Waals surface area contributed by atoms with Crippen LogP contribution in [0.5, 0.6) is 0 Å². The minimum absolute atomic E-state index is 0. The number of guanidine groups is 1. The Hall–Kier alpha value is -1.39. The number of halogens is 1. The average molecular weight is 517 g/mol. The molecular weight excluding hydrogens is 481 g/mol. The fourth-order valence-electron chi connectivity index (χ4n) is 4.13. The monoisotopic (exact) mass is 517 g/mol. The lowest BCUT2D eigenvalue weighted by Crippen LogP contribution is -2.46. The maximum absolute atomic E-state index is 11.6. The zero-order chi connectivity index (χ0) is 19.8. The molecule has 1 aromatic rings. The van der Waals surface area contributed by atoms with Gasteiger partial charge in [0.1, 0.15) is 11.6 Å². The van der Waals surface area contributed by atoms with Crippen LogP contribution < -0.4 is 10.6 Å². The molecule has 29 heavy (non-hydrogen) atoms. The molecule has 8 nitrogen and oxygen atoms in total. The summed E-state index contributed by atoms with van der Waals surface area (Å²) in [6, 6.07) is 0. The Labute approximate surface area is 191 Å². The van der Waals surface area contributed by atoms with E-state index in [1.54, 1.807) is 7.05 Å². The quantitative estimate of drug-likeness (QED) is 0.343. The predicted octanol–water partition coefficient (Wildman–Crippen LogP) is 1.98. The molecule has 0 unspecified atom stereocenters. The molecule has 0 aromatic carbocycles. The first-order valence-corrected chi connectivity index (χ1v) is 10.9. The van der Waals surface area contributed by atoms with E-state index in [1.165, 1.54) is 19.3 Å². The standard InChI is InChI=1S/C20H35N7O.HI/c1-3-22-20(26-13-9-16(10-14-26)15-19(28)21-2)23-11-8-18-25-24-17-7-5-4-6-12-27(17)18;/h16H,3-15H2,1-2H3,(H,21,28)(H,22,23);1H. The van der Waals surface area contributed by atoms with Crippen molar-refractivity contribution in [2.24, 2.45) is 10.9 Å². The van der Waals surface area contributed by atoms with Crippen molar-refractivity contribution in [1.82, 2.24) is 30.3 Å². The Morgan fingerprint density at radius 2 is 1.97 bits per heavy atom. The third-order valence-corrected chi connectivity index (χ3v) is 5.78. The molecule has 1 fully saturated rings. The highest BCUT2D eigenvalue weighted by molar-refractivity contribution is 14.0. The number of hydrogen-bond donors (Lipinski definition) is 2. The van der Waals surface area contributed by atoms with Gasteiger partial charge in [0.15, 0.2) is 5.96 Å². The lowest BCUT2D eigenvalue weighted by atomic mass is 9.93. The minimum Gasteiger partial charge on any atom is -0.359 e. The number of aromatic nitrogens is 3. The van der Waals surface area contributed by atoms with Gasteiger partial charge in [-0.15, -0.1) is 34.2 Å². The van der Waals surface area contributed by atoms with Gasteiger partial charge in [0.25, 0.3) is 0 Å². The summed E-state index contributed by atoms with van der Waals surface area (Å²) in [4.78, 5) is 18.8. The average Bonchev–Trinajstić information content (AvgIpc) is 2.94. The summed E-state index contributed by atoms with van der Waals surface area (Å²) in [6.45, 7) is 6.63. The van der Waals surface area contributed by atoms with Crippen molar-refractivity contribution in [3.8, 4) is 0 Å². The second-order valence-electron chi connectivity index (χ2n) is 7.79. The number of fused-ring (bicyclic) bond motifs is 1. The summed E-state index contributed by atoms with van der Waals surface area (Å²) in [5.74, 6) is 3.82. The van der Waals surface area contributed by atoms with Crippen molar-refractivity contribution in [2.75, 3.05) is 33.2 Å². The van der Waals surface area contributed by atoms with Gasteiger partial charge in [-0.2, -0.15) is 0 Å². The highest BCUT2D eigenvalue weighted by Gasteiger charge is 2.23. The molecule has 3 rings (SSSR count). The Morgan fingerprint density at radius 1 is 1.17 bits per heavy atom. The van der Waals surface area contributed by atoms with Gasteiger partial charge in [-0.25, -0.2) is 0 Å². The molecule has 0 bridgehead atoms. The van der Waals surface area contributed by atoms with Crippen LogP contribution in [0.15, 0.2) is 4.99 Å². The molecule has 164 valence electrons. The summed E-state index contributed by atoms with van der Waals surface area (Å²) < 4.78 is 2.31. The highest BCUT2D eigenvalue weighted by Crippen LogP contribution is 2.20. The number of aliphatic imine (C=N–C) groups is 1. The number of nitrogens with one attached hydrogen (secondary N) is 2. The molecule has 0 spiro atoms. The van der Waals surface area contributed by atoms with E-state index < -0.39 is 0 Å². The second kappa shape index (κ2) is 12.3. The Balaban J connectivity index is 0.00000300. The van der Waals surface area contributed by atoms with E-state index >= 15 is 0 Å². The maximum Gasteiger partial charge on any atom is 0.220 e. The smallest absolute Gasteiger partial charge is 0.220 e. The van der Waals surface area contributed by atoms with Gasteiger partial charge in [0.05, 0.1) is 0 Å². The van der Waals surface area contributed by atoms with Gasteiger partial charge in [0.2, 0.25) is 5.91 Å². The van der Waals surface area contributed by atoms with Crippen LogP contribution in [0.4, 0.5) is 0 Å². The largest absolute Gasteiger partial charge is 0.359 e. The fourth-order valence-corrected chi connectivity index (χ4v) is 4.13. The number of carbonyl (C=O) groups is 1. The zero-order valence-corrected chi connectivity index (χ0v) is 20.2. The van der Waals surface area contributed by atoms with Crippen LogP contribution in [0.3, 0.4) is 0 Å². The van der Waals surface area contributed by atoms with E-state index in [0.29, 0.717) is 12.3 Å². The van der Waals surface area contributed by atoms with Gasteiger partial charge >= 0.3 is 0 Å². The summed E-state index contributed by atoms with van der Waals surface area (Å²) >= 11 is 0. The van der Waals surface area contributed by atoms with Crippen molar-refractivity contribution < 1.29 is 4.79 Å². The maximum atomic E-state index is 11.6. The van der Waals surface area contributed by atoms with Crippen LogP contribution in [0.25, 0.3) is 0 Å². The third kappa shape index (κ3) is 6.82. The summed E-state index contributed by atoms with van der Waals surface area (Å²) in [5, 5.41) is 15.0. The van der Waals surface area contributed by atoms with Gasteiger partial charge in [-0.1, -0.05) is 6.42 Å². The molecule has 0 aliphatic carbocycles. The number of likely N-dealkylation sites (tertiary alicyclic amines) is 1. The van der Waals surface area contributed by atoms with Gasteiger partial charge < -0.3 is 20.1 Å². The van der Waals surface area contributed by atoms with Crippen LogP contribution in [0.2, 0.25) is 0 Å². The number of aryl methyl sites for hydroxylation is 1. The zero-order valence-electron chi connectivity index (χ0n) is 17.8. The lowest BCUT2D eigenvalue weighted by Gasteiger charge is -2.34. The number of hydrogen-bond acceptors (Lipinski definition) is 4. The molecule has 3 heterocycles. The number of nitrogens with zero attached hydrogens (tertiary/aromatic N) is 5. The molecule has 1 amide bonds. The summed E-state index contributed by atoms with van der Waals surface area (Å²) in [7, 11) is 1.71. The lowest BCUT2D eigenvalue weighted by molar-refractivity contribution is -0.121. The van der Waals surface area contributed by atoms with Gasteiger partial charge in [0, 0.05) is 59.0 Å². The fraction of sp³-hybridized carbons (Fsp3) is 0.800. The first-order chi connectivity index (χ1) is 13.7. The van der Waals surface area contributed by atoms with Crippen molar-refractivity contribution >= 4 is 35.8 Å². The van der Waals surface area contributed by atoms with Crippen molar-refractivity contribution in [2.45, 2.75) is 64.8 Å². The predicted molar refractivity (Wildman–Crippen MR) is 126 cm³/mol. The summed E-state index contributed by atoms with van der Waals surface area (Å²) in [5.41, 5.74) is 0. The van der Waals surface area contributed by atoms with E-state index in [9.17, 15) is 4.79 Å². The van der Waals surface area contributed by atoms with Crippen molar-refractivity contribution in [3.63, 3.8) is 0 Å². The van der Waals surface area contributed by atoms with Crippen LogP contribution in [-0.2, 0) is 24.2 Å². The van der Waals surface area contributed by atoms with Gasteiger partial charge in [-0.05, 0) is 38.5 Å². The Bertz CT molecular complexity index is 668. The Kier molecular flexibility index (Phi) is 10.2. The van der Waals surface area contributed by atoms with Crippen molar-refractivity contribution in [1.29, 1.82) is 0 Å². The van der Waals surface area contributed by atoms with E-state index in [4.69, 9.17) is 4.99 Å². The van der Waals surface area contributed by atoms with E-state index in [0.717, 1.165) is 76.0 Å². The number of rotatable bonds is 6. The molecule has 0 radical (unpaired) electrons. The summed E-state index contributed by atoms with van der Waals surface area (Å²) in [6.07, 6.45) is 8.30. The first kappa shape index (κ1) is 23.9. The van der Waals surface area contributed by atoms with E-state index in [1.807, 2.05) is 0 Å². The molecule has 9 heteroatoms. The highest BCUT2D eigenvalue weighted by atomic mass is 127. The van der Waals surface area contributed by atoms with Crippen LogP contribution in [-0.4, -0.2) is 64.8 Å². The SMILES string of the molecule is CCNC(=NCCc1nnc2n1CCCCC2)N1CCC(CC(=O)NC)CC1.I. The molecule has 0 saturated carbocycles. The number of amides is 1. The molecule has 2 aliphatic heterocycles. The van der Waals surface area contributed by atoms with Crippen molar-refractivity contribution in [3.05, 3.63) is 11.6 Å². The molecule has 0 atom stereocenters. The van der Waals surface area contributed by atoms with E-state index in [2.05, 4.69) is 37.2 Å². The van der Waals surface area contributed by atoms with Gasteiger partial charge in [-0.3, -0.25) is 9.79 Å². The molecule has 2 N–H and O–H groups in total. The topological polar surface area (TPSA) is 87.4 Å². The molecule has 2 aliphatic rings.